The first-order valence-corrected chi connectivity index (χ1v) is 7.51. The van der Waals surface area contributed by atoms with E-state index in [4.69, 9.17) is 16.3 Å². The van der Waals surface area contributed by atoms with E-state index in [1.54, 1.807) is 13.2 Å². The Hall–Kier alpha value is -1.30. The van der Waals surface area contributed by atoms with Crippen LogP contribution in [0.1, 0.15) is 5.56 Å². The van der Waals surface area contributed by atoms with Crippen molar-refractivity contribution < 1.29 is 9.53 Å². The largest absolute Gasteiger partial charge is 0.383 e. The Balaban J connectivity index is 1.84. The maximum Gasteiger partial charge on any atom is 0.321 e. The molecule has 1 aromatic carbocycles. The van der Waals surface area contributed by atoms with Crippen LogP contribution in [0.2, 0.25) is 5.02 Å². The first kappa shape index (κ1) is 16.1. The molecule has 0 radical (unpaired) electrons. The van der Waals surface area contributed by atoms with E-state index in [2.05, 4.69) is 10.2 Å². The van der Waals surface area contributed by atoms with Gasteiger partial charge in [0, 0.05) is 50.5 Å². The number of anilines is 1. The van der Waals surface area contributed by atoms with Crippen molar-refractivity contribution in [3.8, 4) is 0 Å². The predicted molar refractivity (Wildman–Crippen MR) is 85.1 cm³/mol. The Morgan fingerprint density at radius 2 is 2.05 bits per heavy atom. The number of halogens is 1. The molecule has 1 aliphatic rings. The smallest absolute Gasteiger partial charge is 0.321 e. The van der Waals surface area contributed by atoms with Gasteiger partial charge in [0.25, 0.3) is 0 Å². The number of benzene rings is 1. The Morgan fingerprint density at radius 1 is 1.33 bits per heavy atom. The second kappa shape index (κ2) is 7.64. The molecule has 0 atom stereocenters. The number of ether oxygens (including phenoxy) is 1. The molecule has 1 N–H and O–H groups in total. The van der Waals surface area contributed by atoms with E-state index in [0.29, 0.717) is 5.02 Å². The molecular formula is C15H22ClN3O2. The highest BCUT2D eigenvalue weighted by Crippen LogP contribution is 2.20. The molecule has 1 heterocycles. The van der Waals surface area contributed by atoms with E-state index < -0.39 is 0 Å². The normalized spacial score (nSPS) is 16.0. The molecular weight excluding hydrogens is 290 g/mol. The highest BCUT2D eigenvalue weighted by atomic mass is 35.5. The van der Waals surface area contributed by atoms with Crippen LogP contribution in [-0.4, -0.2) is 62.3 Å². The van der Waals surface area contributed by atoms with Gasteiger partial charge >= 0.3 is 6.03 Å². The zero-order valence-electron chi connectivity index (χ0n) is 12.6. The number of carbonyl (C=O) groups excluding carboxylic acids is 1. The van der Waals surface area contributed by atoms with Crippen molar-refractivity contribution in [2.75, 3.05) is 51.8 Å². The fraction of sp³-hybridized carbons (Fsp3) is 0.533. The number of nitrogens with zero attached hydrogens (tertiary/aromatic N) is 2. The van der Waals surface area contributed by atoms with Crippen LogP contribution >= 0.6 is 11.6 Å². The summed E-state index contributed by atoms with van der Waals surface area (Å²) in [5, 5.41) is 3.63. The molecule has 0 saturated carbocycles. The van der Waals surface area contributed by atoms with Gasteiger partial charge in [-0.15, -0.1) is 0 Å². The first-order chi connectivity index (χ1) is 10.1. The number of amides is 2. The van der Waals surface area contributed by atoms with Gasteiger partial charge in [0.1, 0.15) is 0 Å². The molecule has 0 spiro atoms. The van der Waals surface area contributed by atoms with Crippen LogP contribution in [0.25, 0.3) is 0 Å². The number of carbonyl (C=O) groups is 1. The Morgan fingerprint density at radius 3 is 2.67 bits per heavy atom. The molecule has 2 rings (SSSR count). The fourth-order valence-corrected chi connectivity index (χ4v) is 2.58. The third-order valence-electron chi connectivity index (χ3n) is 3.70. The van der Waals surface area contributed by atoms with Gasteiger partial charge in [0.15, 0.2) is 0 Å². The van der Waals surface area contributed by atoms with Crippen LogP contribution in [-0.2, 0) is 4.74 Å². The van der Waals surface area contributed by atoms with Crippen LogP contribution < -0.4 is 5.32 Å². The molecule has 21 heavy (non-hydrogen) atoms. The summed E-state index contributed by atoms with van der Waals surface area (Å²) in [6.45, 7) is 6.83. The second-order valence-corrected chi connectivity index (χ2v) is 5.65. The van der Waals surface area contributed by atoms with Crippen molar-refractivity contribution in [1.29, 1.82) is 0 Å². The number of aryl methyl sites for hydroxylation is 1. The number of rotatable bonds is 4. The zero-order chi connectivity index (χ0) is 15.2. The van der Waals surface area contributed by atoms with Crippen molar-refractivity contribution in [1.82, 2.24) is 9.80 Å². The Labute approximate surface area is 130 Å². The number of hydrogen-bond acceptors (Lipinski definition) is 3. The fourth-order valence-electron chi connectivity index (χ4n) is 2.36. The van der Waals surface area contributed by atoms with E-state index in [1.165, 1.54) is 0 Å². The molecule has 0 bridgehead atoms. The van der Waals surface area contributed by atoms with Crippen molar-refractivity contribution in [3.63, 3.8) is 0 Å². The predicted octanol–water partition coefficient (Wildman–Crippen LogP) is 2.44. The van der Waals surface area contributed by atoms with Crippen LogP contribution in [0.5, 0.6) is 0 Å². The number of piperazine rings is 1. The molecule has 0 aliphatic carbocycles. The van der Waals surface area contributed by atoms with Gasteiger partial charge in [-0.3, -0.25) is 4.90 Å². The quantitative estimate of drug-likeness (QED) is 0.929. The van der Waals surface area contributed by atoms with Gasteiger partial charge < -0.3 is 15.0 Å². The van der Waals surface area contributed by atoms with Gasteiger partial charge in [0.05, 0.1) is 6.61 Å². The average Bonchev–Trinajstić information content (AvgIpc) is 2.48. The van der Waals surface area contributed by atoms with Crippen LogP contribution in [0.15, 0.2) is 18.2 Å². The van der Waals surface area contributed by atoms with E-state index >= 15 is 0 Å². The monoisotopic (exact) mass is 311 g/mol. The van der Waals surface area contributed by atoms with E-state index in [-0.39, 0.29) is 6.03 Å². The van der Waals surface area contributed by atoms with Gasteiger partial charge in [-0.25, -0.2) is 4.79 Å². The highest BCUT2D eigenvalue weighted by molar-refractivity contribution is 6.30. The highest BCUT2D eigenvalue weighted by Gasteiger charge is 2.21. The molecule has 1 fully saturated rings. The molecule has 0 aromatic heterocycles. The van der Waals surface area contributed by atoms with Gasteiger partial charge in [0.2, 0.25) is 0 Å². The number of methoxy groups -OCH3 is 1. The maximum atomic E-state index is 12.3. The minimum atomic E-state index is -0.0492. The third kappa shape index (κ3) is 4.59. The van der Waals surface area contributed by atoms with Crippen LogP contribution in [0.3, 0.4) is 0 Å². The summed E-state index contributed by atoms with van der Waals surface area (Å²) < 4.78 is 5.08. The second-order valence-electron chi connectivity index (χ2n) is 5.21. The van der Waals surface area contributed by atoms with Gasteiger partial charge in [-0.1, -0.05) is 11.6 Å². The first-order valence-electron chi connectivity index (χ1n) is 7.13. The lowest BCUT2D eigenvalue weighted by Gasteiger charge is -2.34. The Kier molecular flexibility index (Phi) is 5.85. The SMILES string of the molecule is COCCN1CCN(C(=O)Nc2ccc(Cl)cc2C)CC1. The average molecular weight is 312 g/mol. The lowest BCUT2D eigenvalue weighted by molar-refractivity contribution is 0.109. The number of hydrogen-bond donors (Lipinski definition) is 1. The summed E-state index contributed by atoms with van der Waals surface area (Å²) >= 11 is 5.92. The Bertz CT molecular complexity index is 488. The maximum absolute atomic E-state index is 12.3. The third-order valence-corrected chi connectivity index (χ3v) is 3.94. The van der Waals surface area contributed by atoms with E-state index in [0.717, 1.165) is 50.6 Å². The standard InChI is InChI=1S/C15H22ClN3O2/c1-12-11-13(16)3-4-14(12)17-15(20)19-7-5-18(6-8-19)9-10-21-2/h3-4,11H,5-10H2,1-2H3,(H,17,20). The summed E-state index contributed by atoms with van der Waals surface area (Å²) in [5.41, 5.74) is 1.78. The summed E-state index contributed by atoms with van der Waals surface area (Å²) in [6, 6.07) is 5.42. The lowest BCUT2D eigenvalue weighted by Crippen LogP contribution is -2.50. The van der Waals surface area contributed by atoms with Crippen molar-refractivity contribution in [2.24, 2.45) is 0 Å². The number of urea groups is 1. The lowest BCUT2D eigenvalue weighted by atomic mass is 10.2. The summed E-state index contributed by atoms with van der Waals surface area (Å²) in [6.07, 6.45) is 0. The molecule has 6 heteroatoms. The summed E-state index contributed by atoms with van der Waals surface area (Å²) in [5.74, 6) is 0. The molecule has 5 nitrogen and oxygen atoms in total. The molecule has 0 unspecified atom stereocenters. The minimum absolute atomic E-state index is 0.0492. The van der Waals surface area contributed by atoms with Crippen molar-refractivity contribution >= 4 is 23.3 Å². The molecule has 1 aliphatic heterocycles. The van der Waals surface area contributed by atoms with Gasteiger partial charge in [-0.05, 0) is 30.7 Å². The zero-order valence-corrected chi connectivity index (χ0v) is 13.3. The summed E-state index contributed by atoms with van der Waals surface area (Å²) in [7, 11) is 1.71. The summed E-state index contributed by atoms with van der Waals surface area (Å²) in [4.78, 5) is 16.4. The molecule has 1 saturated heterocycles. The molecule has 2 amide bonds. The van der Waals surface area contributed by atoms with Crippen LogP contribution in [0.4, 0.5) is 10.5 Å². The molecule has 116 valence electrons. The topological polar surface area (TPSA) is 44.8 Å². The molecule has 1 aromatic rings. The minimum Gasteiger partial charge on any atom is -0.383 e. The van der Waals surface area contributed by atoms with Crippen molar-refractivity contribution in [2.45, 2.75) is 6.92 Å². The van der Waals surface area contributed by atoms with Gasteiger partial charge in [-0.2, -0.15) is 0 Å². The van der Waals surface area contributed by atoms with Crippen molar-refractivity contribution in [3.05, 3.63) is 28.8 Å². The van der Waals surface area contributed by atoms with E-state index in [9.17, 15) is 4.79 Å². The number of nitrogens with one attached hydrogen (secondary N) is 1. The van der Waals surface area contributed by atoms with E-state index in [1.807, 2.05) is 24.0 Å². The van der Waals surface area contributed by atoms with Crippen LogP contribution in [0, 0.1) is 6.92 Å².